The summed E-state index contributed by atoms with van der Waals surface area (Å²) in [6, 6.07) is 16.1. The highest BCUT2D eigenvalue weighted by Crippen LogP contribution is 2.51. The molecule has 2 aromatic carbocycles. The van der Waals surface area contributed by atoms with E-state index in [4.69, 9.17) is 4.42 Å². The summed E-state index contributed by atoms with van der Waals surface area (Å²) < 4.78 is 6.29. The fourth-order valence-corrected chi connectivity index (χ4v) is 5.32. The zero-order valence-electron chi connectivity index (χ0n) is 20.1. The van der Waals surface area contributed by atoms with E-state index in [-0.39, 0.29) is 29.3 Å². The van der Waals surface area contributed by atoms with Crippen LogP contribution in [0, 0.1) is 20.8 Å². The van der Waals surface area contributed by atoms with Crippen molar-refractivity contribution in [2.24, 2.45) is 0 Å². The summed E-state index contributed by atoms with van der Waals surface area (Å²) in [5, 5.41) is 0.358. The first-order chi connectivity index (χ1) is 17.3. The van der Waals surface area contributed by atoms with Gasteiger partial charge in [0.05, 0.1) is 16.6 Å². The van der Waals surface area contributed by atoms with Crippen LogP contribution in [-0.4, -0.2) is 28.2 Å². The fourth-order valence-electron chi connectivity index (χ4n) is 5.32. The molecular formula is C29H23N3O4. The summed E-state index contributed by atoms with van der Waals surface area (Å²) in [6.07, 6.45) is 4.91. The Kier molecular flexibility index (Phi) is 4.73. The summed E-state index contributed by atoms with van der Waals surface area (Å²) in [4.78, 5) is 49.4. The third-order valence-electron chi connectivity index (χ3n) is 7.03. The van der Waals surface area contributed by atoms with Gasteiger partial charge in [0.1, 0.15) is 11.1 Å². The van der Waals surface area contributed by atoms with Crippen LogP contribution in [0.2, 0.25) is 0 Å². The Hall–Kier alpha value is -4.52. The van der Waals surface area contributed by atoms with Crippen molar-refractivity contribution in [1.29, 1.82) is 0 Å². The van der Waals surface area contributed by atoms with Crippen molar-refractivity contribution in [3.63, 3.8) is 0 Å². The number of pyridine rings is 1. The average molecular weight is 478 g/mol. The molecule has 2 aliphatic rings. The Balaban J connectivity index is 1.66. The van der Waals surface area contributed by atoms with Gasteiger partial charge < -0.3 is 9.32 Å². The molecule has 4 heterocycles. The molecule has 0 fully saturated rings. The minimum absolute atomic E-state index is 0.146. The summed E-state index contributed by atoms with van der Waals surface area (Å²) in [5.74, 6) is -0.663. The minimum Gasteiger partial charge on any atom is -0.439 e. The number of aromatic nitrogens is 1. The molecule has 1 atom stereocenters. The van der Waals surface area contributed by atoms with E-state index in [2.05, 4.69) is 4.98 Å². The number of para-hydroxylation sites is 2. The van der Waals surface area contributed by atoms with E-state index in [9.17, 15) is 14.4 Å². The number of carbonyl (C=O) groups excluding carboxylic acids is 2. The maximum atomic E-state index is 14.5. The molecule has 2 amide bonds. The van der Waals surface area contributed by atoms with Crippen LogP contribution in [0.3, 0.4) is 0 Å². The highest BCUT2D eigenvalue weighted by Gasteiger charge is 2.60. The van der Waals surface area contributed by atoms with Crippen LogP contribution < -0.4 is 10.3 Å². The summed E-state index contributed by atoms with van der Waals surface area (Å²) in [6.45, 7) is 5.82. The van der Waals surface area contributed by atoms with E-state index < -0.39 is 11.4 Å². The molecule has 6 rings (SSSR count). The van der Waals surface area contributed by atoms with Crippen molar-refractivity contribution in [2.45, 2.75) is 26.3 Å². The molecule has 1 unspecified atom stereocenters. The number of nitrogens with zero attached hydrogens (tertiary/aromatic N) is 3. The van der Waals surface area contributed by atoms with Gasteiger partial charge in [0, 0.05) is 18.4 Å². The van der Waals surface area contributed by atoms with Gasteiger partial charge >= 0.3 is 0 Å². The van der Waals surface area contributed by atoms with Gasteiger partial charge in [0.2, 0.25) is 11.3 Å². The van der Waals surface area contributed by atoms with Gasteiger partial charge in [0.15, 0.2) is 5.54 Å². The van der Waals surface area contributed by atoms with Gasteiger partial charge in [-0.1, -0.05) is 36.4 Å². The molecular weight excluding hydrogens is 454 g/mol. The first-order valence-electron chi connectivity index (χ1n) is 11.7. The van der Waals surface area contributed by atoms with Crippen LogP contribution in [0.5, 0.6) is 0 Å². The Morgan fingerprint density at radius 2 is 1.72 bits per heavy atom. The van der Waals surface area contributed by atoms with Gasteiger partial charge in [-0.3, -0.25) is 19.4 Å². The van der Waals surface area contributed by atoms with E-state index in [1.165, 1.54) is 16.0 Å². The van der Waals surface area contributed by atoms with E-state index >= 15 is 0 Å². The second-order valence-corrected chi connectivity index (χ2v) is 9.26. The maximum absolute atomic E-state index is 14.5. The molecule has 0 saturated heterocycles. The molecule has 1 spiro atoms. The normalized spacial score (nSPS) is 18.5. The number of amides is 2. The Morgan fingerprint density at radius 3 is 2.44 bits per heavy atom. The lowest BCUT2D eigenvalue weighted by atomic mass is 9.90. The lowest BCUT2D eigenvalue weighted by Gasteiger charge is -2.33. The van der Waals surface area contributed by atoms with Crippen molar-refractivity contribution in [3.05, 3.63) is 111 Å². The van der Waals surface area contributed by atoms with Gasteiger partial charge in [-0.05, 0) is 62.2 Å². The SMILES string of the molecule is Cc1ccc(C(=O)N2CC=CC23C(=O)N(c2c(C)cccc2C)c2oc4ccccc4c(=O)c23)cn1. The third kappa shape index (κ3) is 2.86. The smallest absolute Gasteiger partial charge is 0.269 e. The highest BCUT2D eigenvalue weighted by atomic mass is 16.4. The molecule has 36 heavy (non-hydrogen) atoms. The predicted octanol–water partition coefficient (Wildman–Crippen LogP) is 4.70. The van der Waals surface area contributed by atoms with E-state index in [1.54, 1.807) is 48.6 Å². The number of fused-ring (bicyclic) bond motifs is 3. The second-order valence-electron chi connectivity index (χ2n) is 9.26. The van der Waals surface area contributed by atoms with Crippen molar-refractivity contribution in [3.8, 4) is 0 Å². The van der Waals surface area contributed by atoms with Crippen LogP contribution in [0.25, 0.3) is 11.0 Å². The van der Waals surface area contributed by atoms with Crippen molar-refractivity contribution < 1.29 is 14.0 Å². The molecule has 0 N–H and O–H groups in total. The van der Waals surface area contributed by atoms with Crippen LogP contribution in [0.4, 0.5) is 11.6 Å². The summed E-state index contributed by atoms with van der Waals surface area (Å²) >= 11 is 0. The quantitative estimate of drug-likeness (QED) is 0.391. The Labute approximate surface area is 207 Å². The molecule has 178 valence electrons. The van der Waals surface area contributed by atoms with E-state index in [0.29, 0.717) is 22.2 Å². The lowest BCUT2D eigenvalue weighted by molar-refractivity contribution is -0.124. The zero-order valence-corrected chi connectivity index (χ0v) is 20.1. The van der Waals surface area contributed by atoms with E-state index in [0.717, 1.165) is 16.8 Å². The standard InChI is InChI=1S/C29H23N3O4/c1-17-8-6-9-18(2)24(17)32-27-23(25(33)21-10-4-5-11-22(21)36-27)29(28(32)35)14-7-15-31(29)26(34)20-13-12-19(3)30-16-20/h4-14,16H,15H2,1-3H3. The van der Waals surface area contributed by atoms with Crippen LogP contribution in [-0.2, 0) is 10.3 Å². The van der Waals surface area contributed by atoms with Gasteiger partial charge in [-0.15, -0.1) is 0 Å². The molecule has 7 heteroatoms. The third-order valence-corrected chi connectivity index (χ3v) is 7.03. The van der Waals surface area contributed by atoms with Crippen LogP contribution >= 0.6 is 0 Å². The number of hydrogen-bond acceptors (Lipinski definition) is 5. The molecule has 0 bridgehead atoms. The number of aryl methyl sites for hydroxylation is 3. The van der Waals surface area contributed by atoms with Crippen molar-refractivity contribution in [2.75, 3.05) is 11.4 Å². The predicted molar refractivity (Wildman–Crippen MR) is 136 cm³/mol. The molecule has 0 aliphatic carbocycles. The Morgan fingerprint density at radius 1 is 0.972 bits per heavy atom. The largest absolute Gasteiger partial charge is 0.439 e. The highest BCUT2D eigenvalue weighted by molar-refractivity contribution is 6.16. The van der Waals surface area contributed by atoms with Crippen molar-refractivity contribution in [1.82, 2.24) is 9.88 Å². The monoisotopic (exact) mass is 477 g/mol. The number of benzene rings is 2. The van der Waals surface area contributed by atoms with Crippen LogP contribution in [0.1, 0.15) is 32.7 Å². The number of hydrogen-bond donors (Lipinski definition) is 0. The minimum atomic E-state index is -1.63. The molecule has 0 radical (unpaired) electrons. The second kappa shape index (κ2) is 7.75. The zero-order chi connectivity index (χ0) is 25.2. The summed E-state index contributed by atoms with van der Waals surface area (Å²) in [7, 11) is 0. The molecule has 2 aromatic heterocycles. The number of anilines is 2. The van der Waals surface area contributed by atoms with Gasteiger partial charge in [-0.2, -0.15) is 0 Å². The Bertz CT molecular complexity index is 1650. The van der Waals surface area contributed by atoms with E-state index in [1.807, 2.05) is 39.0 Å². The van der Waals surface area contributed by atoms with Gasteiger partial charge in [-0.25, -0.2) is 4.90 Å². The molecule has 7 nitrogen and oxygen atoms in total. The van der Waals surface area contributed by atoms with Crippen LogP contribution in [0.15, 0.2) is 82.2 Å². The molecule has 0 saturated carbocycles. The molecule has 2 aliphatic heterocycles. The number of rotatable bonds is 2. The summed E-state index contributed by atoms with van der Waals surface area (Å²) in [5.41, 5.74) is 2.03. The first kappa shape index (κ1) is 22.0. The maximum Gasteiger partial charge on any atom is 0.269 e. The lowest BCUT2D eigenvalue weighted by Crippen LogP contribution is -2.52. The molecule has 4 aromatic rings. The van der Waals surface area contributed by atoms with Crippen molar-refractivity contribution >= 4 is 34.4 Å². The van der Waals surface area contributed by atoms with Gasteiger partial charge in [0.25, 0.3) is 11.8 Å². The fraction of sp³-hybridized carbons (Fsp3) is 0.172. The first-order valence-corrected chi connectivity index (χ1v) is 11.7. The topological polar surface area (TPSA) is 83.7 Å². The number of carbonyl (C=O) groups is 2. The average Bonchev–Trinajstić information content (AvgIpc) is 3.40.